The number of ether oxygens (including phenoxy) is 1. The van der Waals surface area contributed by atoms with Crippen LogP contribution in [0.3, 0.4) is 0 Å². The second-order valence-electron chi connectivity index (χ2n) is 12.0. The van der Waals surface area contributed by atoms with Crippen LogP contribution >= 0.6 is 0 Å². The second kappa shape index (κ2) is 19.0. The van der Waals surface area contributed by atoms with E-state index in [0.717, 1.165) is 22.3 Å². The van der Waals surface area contributed by atoms with Crippen LogP contribution in [-0.2, 0) is 14.4 Å². The standard InChI is InChI=1S/C40H40N4O9/c1-51-23-18-32-30-16-14-28(37(47)35(26-10-4-2-5-11-26)43-52-39(49)41-19-8-21-45)24-33(30)34-25-29(15-17-31(32)34)38(48)36(27-12-6-3-7-13-27)44-53-40(50)42-20-9-22-46/h2-7,10-17,24-25,32,45-46H,8-9,18-23H2,1H3,(H,41,49)(H,42,50)/b43-35+,44-36+. The van der Waals surface area contributed by atoms with Crippen LogP contribution < -0.4 is 10.6 Å². The van der Waals surface area contributed by atoms with Crippen molar-refractivity contribution in [3.05, 3.63) is 130 Å². The molecule has 4 N–H and O–H groups in total. The van der Waals surface area contributed by atoms with Crippen LogP contribution in [0.15, 0.2) is 107 Å². The van der Waals surface area contributed by atoms with Gasteiger partial charge in [-0.05, 0) is 53.6 Å². The van der Waals surface area contributed by atoms with E-state index in [1.165, 1.54) is 0 Å². The van der Waals surface area contributed by atoms with Crippen LogP contribution in [0.1, 0.15) is 68.2 Å². The van der Waals surface area contributed by atoms with Gasteiger partial charge in [-0.15, -0.1) is 0 Å². The van der Waals surface area contributed by atoms with E-state index in [1.807, 2.05) is 12.1 Å². The molecule has 1 aliphatic rings. The molecule has 0 atom stereocenters. The summed E-state index contributed by atoms with van der Waals surface area (Å²) in [5, 5.41) is 30.8. The number of oxime groups is 2. The molecule has 0 bridgehead atoms. The fourth-order valence-corrected chi connectivity index (χ4v) is 5.88. The van der Waals surface area contributed by atoms with Crippen LogP contribution in [0.2, 0.25) is 0 Å². The molecule has 0 fully saturated rings. The molecule has 0 aromatic heterocycles. The SMILES string of the molecule is COCCC1c2ccc(C(=O)/C(=N/OC(=O)NCCCO)c3ccccc3)cc2-c2cc(C(=O)/C(=N/OC(=O)NCCCO)c3ccccc3)ccc21. The molecule has 4 aromatic rings. The first kappa shape index (κ1) is 38.2. The Balaban J connectivity index is 1.52. The van der Waals surface area contributed by atoms with Crippen molar-refractivity contribution in [2.24, 2.45) is 10.3 Å². The second-order valence-corrected chi connectivity index (χ2v) is 12.0. The van der Waals surface area contributed by atoms with Crippen molar-refractivity contribution in [1.29, 1.82) is 0 Å². The zero-order valence-corrected chi connectivity index (χ0v) is 29.1. The van der Waals surface area contributed by atoms with E-state index in [0.29, 0.717) is 37.0 Å². The first-order valence-corrected chi connectivity index (χ1v) is 17.1. The van der Waals surface area contributed by atoms with E-state index in [1.54, 1.807) is 92.0 Å². The Hall–Kier alpha value is -6.02. The van der Waals surface area contributed by atoms with E-state index in [9.17, 15) is 19.2 Å². The highest BCUT2D eigenvalue weighted by Crippen LogP contribution is 2.47. The normalized spacial score (nSPS) is 12.4. The molecule has 13 nitrogen and oxygen atoms in total. The molecule has 5 rings (SSSR count). The van der Waals surface area contributed by atoms with Gasteiger partial charge in [0.05, 0.1) is 0 Å². The Labute approximate surface area is 306 Å². The number of amides is 2. The number of nitrogens with one attached hydrogen (secondary N) is 2. The van der Waals surface area contributed by atoms with Gasteiger partial charge >= 0.3 is 12.2 Å². The van der Waals surface area contributed by atoms with Crippen molar-refractivity contribution in [3.63, 3.8) is 0 Å². The van der Waals surface area contributed by atoms with Gasteiger partial charge < -0.3 is 25.6 Å². The van der Waals surface area contributed by atoms with Gasteiger partial charge in [0.2, 0.25) is 11.6 Å². The number of ketones is 2. The molecule has 2 amide bonds. The third-order valence-corrected chi connectivity index (χ3v) is 8.46. The third kappa shape index (κ3) is 9.65. The lowest BCUT2D eigenvalue weighted by molar-refractivity contribution is 0.104. The van der Waals surface area contributed by atoms with Gasteiger partial charge in [0.1, 0.15) is 0 Å². The maximum atomic E-state index is 14.1. The van der Waals surface area contributed by atoms with Crippen LogP contribution in [0, 0.1) is 0 Å². The summed E-state index contributed by atoms with van der Waals surface area (Å²) in [5.41, 5.74) is 4.58. The van der Waals surface area contributed by atoms with Gasteiger partial charge in [0.25, 0.3) is 0 Å². The number of fused-ring (bicyclic) bond motifs is 3. The van der Waals surface area contributed by atoms with E-state index in [-0.39, 0.29) is 54.8 Å². The zero-order chi connectivity index (χ0) is 37.6. The number of benzene rings is 4. The number of aliphatic hydroxyl groups is 2. The van der Waals surface area contributed by atoms with Gasteiger partial charge in [-0.2, -0.15) is 0 Å². The number of carbonyl (C=O) groups is 4. The molecule has 4 aromatic carbocycles. The summed E-state index contributed by atoms with van der Waals surface area (Å²) in [7, 11) is 1.62. The monoisotopic (exact) mass is 720 g/mol. The molecule has 0 saturated heterocycles. The first-order valence-electron chi connectivity index (χ1n) is 17.1. The van der Waals surface area contributed by atoms with Crippen LogP contribution in [0.25, 0.3) is 11.1 Å². The largest absolute Gasteiger partial charge is 0.433 e. The molecule has 274 valence electrons. The molecular formula is C40H40N4O9. The summed E-state index contributed by atoms with van der Waals surface area (Å²) in [6.45, 7) is 0.594. The lowest BCUT2D eigenvalue weighted by Gasteiger charge is -2.14. The summed E-state index contributed by atoms with van der Waals surface area (Å²) >= 11 is 0. The van der Waals surface area contributed by atoms with Crippen LogP contribution in [-0.4, -0.2) is 85.4 Å². The Morgan fingerprint density at radius 1 is 0.623 bits per heavy atom. The highest BCUT2D eigenvalue weighted by Gasteiger charge is 2.31. The van der Waals surface area contributed by atoms with Crippen molar-refractivity contribution < 1.29 is 43.8 Å². The lowest BCUT2D eigenvalue weighted by Crippen LogP contribution is -2.26. The summed E-state index contributed by atoms with van der Waals surface area (Å²) < 4.78 is 5.42. The smallest absolute Gasteiger partial charge is 0.396 e. The van der Waals surface area contributed by atoms with Crippen LogP contribution in [0.4, 0.5) is 9.59 Å². The number of methoxy groups -OCH3 is 1. The van der Waals surface area contributed by atoms with E-state index in [4.69, 9.17) is 24.6 Å². The van der Waals surface area contributed by atoms with E-state index in [2.05, 4.69) is 20.9 Å². The molecule has 0 radical (unpaired) electrons. The van der Waals surface area contributed by atoms with Crippen molar-refractivity contribution in [1.82, 2.24) is 10.6 Å². The molecule has 1 aliphatic carbocycles. The summed E-state index contributed by atoms with van der Waals surface area (Å²) in [5.74, 6) is -1.08. The molecule has 0 saturated carbocycles. The number of nitrogens with zero attached hydrogens (tertiary/aromatic N) is 2. The van der Waals surface area contributed by atoms with E-state index < -0.39 is 23.8 Å². The van der Waals surface area contributed by atoms with Crippen molar-refractivity contribution in [2.45, 2.75) is 25.2 Å². The summed E-state index contributed by atoms with van der Waals surface area (Å²) in [6, 6.07) is 27.8. The van der Waals surface area contributed by atoms with Gasteiger partial charge in [0, 0.05) is 68.2 Å². The van der Waals surface area contributed by atoms with Crippen LogP contribution in [0.5, 0.6) is 0 Å². The van der Waals surface area contributed by atoms with Crippen molar-refractivity contribution in [3.8, 4) is 11.1 Å². The van der Waals surface area contributed by atoms with E-state index >= 15 is 0 Å². The number of rotatable bonds is 17. The minimum absolute atomic E-state index is 0.0883. The number of hydrogen-bond acceptors (Lipinski definition) is 11. The predicted octanol–water partition coefficient (Wildman–Crippen LogP) is 5.23. The quantitative estimate of drug-likeness (QED) is 0.0373. The Morgan fingerprint density at radius 3 is 1.45 bits per heavy atom. The minimum atomic E-state index is -0.869. The molecule has 13 heteroatoms. The third-order valence-electron chi connectivity index (χ3n) is 8.46. The van der Waals surface area contributed by atoms with Crippen molar-refractivity contribution >= 4 is 35.2 Å². The molecule has 53 heavy (non-hydrogen) atoms. The molecule has 0 aliphatic heterocycles. The fourth-order valence-electron chi connectivity index (χ4n) is 5.88. The molecule has 0 unspecified atom stereocenters. The molecule has 0 heterocycles. The average Bonchev–Trinajstić information content (AvgIpc) is 3.50. The number of Topliss-reactive ketones (excluding diaryl/α,β-unsaturated/α-hetero) is 2. The van der Waals surface area contributed by atoms with Gasteiger partial charge in [-0.1, -0.05) is 95.2 Å². The fraction of sp³-hybridized carbons (Fsp3) is 0.250. The minimum Gasteiger partial charge on any atom is -0.396 e. The number of carbonyl (C=O) groups excluding carboxylic acids is 4. The Kier molecular flexibility index (Phi) is 13.7. The van der Waals surface area contributed by atoms with Gasteiger partial charge in [-0.3, -0.25) is 19.3 Å². The highest BCUT2D eigenvalue weighted by molar-refractivity contribution is 6.52. The number of hydrogen-bond donors (Lipinski definition) is 4. The number of aliphatic hydroxyl groups excluding tert-OH is 2. The molecule has 0 spiro atoms. The average molecular weight is 721 g/mol. The predicted molar refractivity (Wildman–Crippen MR) is 197 cm³/mol. The van der Waals surface area contributed by atoms with Crippen molar-refractivity contribution in [2.75, 3.05) is 40.0 Å². The van der Waals surface area contributed by atoms with Gasteiger partial charge in [0.15, 0.2) is 11.4 Å². The summed E-state index contributed by atoms with van der Waals surface area (Å²) in [6.07, 6.45) is -0.437. The summed E-state index contributed by atoms with van der Waals surface area (Å²) in [4.78, 5) is 62.8. The molecular weight excluding hydrogens is 680 g/mol. The zero-order valence-electron chi connectivity index (χ0n) is 29.1. The highest BCUT2D eigenvalue weighted by atomic mass is 16.7. The maximum absolute atomic E-state index is 14.1. The lowest BCUT2D eigenvalue weighted by atomic mass is 9.92. The first-order chi connectivity index (χ1) is 25.9. The van der Waals surface area contributed by atoms with Gasteiger partial charge in [-0.25, -0.2) is 9.59 Å². The Bertz CT molecular complexity index is 1840. The topological polar surface area (TPSA) is 185 Å². The Morgan fingerprint density at radius 2 is 1.06 bits per heavy atom. The maximum Gasteiger partial charge on any atom is 0.433 e.